The molecule has 0 saturated carbocycles. The van der Waals surface area contributed by atoms with Crippen molar-refractivity contribution in [2.45, 2.75) is 32.1 Å². The number of anilines is 1. The van der Waals surface area contributed by atoms with Crippen LogP contribution in [0.1, 0.15) is 33.5 Å². The molecule has 0 unspecified atom stereocenters. The minimum absolute atomic E-state index is 0. The number of rotatable bonds is 5. The zero-order chi connectivity index (χ0) is 14.2. The third-order valence-corrected chi connectivity index (χ3v) is 3.73. The van der Waals surface area contributed by atoms with Crippen LogP contribution in [0.5, 0.6) is 5.75 Å². The smallest absolute Gasteiger partial charge is 1.00 e. The van der Waals surface area contributed by atoms with Gasteiger partial charge in [-0.3, -0.25) is 4.79 Å². The summed E-state index contributed by atoms with van der Waals surface area (Å²) in [4.78, 5) is 14.4. The van der Waals surface area contributed by atoms with Crippen molar-refractivity contribution in [1.82, 2.24) is 4.90 Å². The van der Waals surface area contributed by atoms with Crippen LogP contribution in [0, 0.1) is 0 Å². The van der Waals surface area contributed by atoms with Crippen LogP contribution in [0.15, 0.2) is 24.3 Å². The molecule has 1 fully saturated rings. The molecule has 1 N–H and O–H groups in total. The minimum Gasteiger partial charge on any atom is -1.00 e. The number of likely N-dealkylation sites (tertiary alicyclic amines) is 1. The van der Waals surface area contributed by atoms with E-state index < -0.39 is 0 Å². The van der Waals surface area contributed by atoms with Crippen molar-refractivity contribution in [3.05, 3.63) is 24.3 Å². The van der Waals surface area contributed by atoms with Crippen molar-refractivity contribution in [2.24, 2.45) is 0 Å². The Morgan fingerprint density at radius 3 is 2.57 bits per heavy atom. The molecule has 2 rings (SSSR count). The summed E-state index contributed by atoms with van der Waals surface area (Å²) < 4.78 is 5.23. The molecule has 21 heavy (non-hydrogen) atoms. The van der Waals surface area contributed by atoms with Crippen molar-refractivity contribution in [3.8, 4) is 5.75 Å². The van der Waals surface area contributed by atoms with Gasteiger partial charge in [-0.1, -0.05) is 25.0 Å². The first-order valence-electron chi connectivity index (χ1n) is 7.45. The molecule has 0 bridgehead atoms. The number of halogens is 1. The van der Waals surface area contributed by atoms with E-state index in [0.717, 1.165) is 25.3 Å². The summed E-state index contributed by atoms with van der Waals surface area (Å²) in [5, 5.41) is 2.93. The van der Waals surface area contributed by atoms with Gasteiger partial charge in [-0.15, -0.1) is 0 Å². The lowest BCUT2D eigenvalue weighted by atomic mass is 10.2. The van der Waals surface area contributed by atoms with Gasteiger partial charge in [-0.2, -0.15) is 0 Å². The molecule has 118 valence electrons. The summed E-state index contributed by atoms with van der Waals surface area (Å²) in [7, 11) is 1.61. The maximum absolute atomic E-state index is 12.0. The molecule has 1 amide bonds. The van der Waals surface area contributed by atoms with E-state index in [4.69, 9.17) is 4.74 Å². The van der Waals surface area contributed by atoms with Crippen LogP contribution in [0.2, 0.25) is 0 Å². The second-order valence-electron chi connectivity index (χ2n) is 5.25. The molecule has 0 aromatic heterocycles. The van der Waals surface area contributed by atoms with E-state index in [1.54, 1.807) is 7.11 Å². The Hall–Kier alpha value is -1.26. The monoisotopic (exact) mass is 312 g/mol. The minimum atomic E-state index is 0. The quantitative estimate of drug-likeness (QED) is 0.833. The lowest BCUT2D eigenvalue weighted by Crippen LogP contribution is -3.00. The van der Waals surface area contributed by atoms with Crippen LogP contribution in [0.25, 0.3) is 0 Å². The predicted molar refractivity (Wildman–Crippen MR) is 82.3 cm³/mol. The van der Waals surface area contributed by atoms with Crippen LogP contribution in [-0.2, 0) is 4.79 Å². The molecule has 1 heterocycles. The third-order valence-electron chi connectivity index (χ3n) is 3.73. The number of hydrogen-bond acceptors (Lipinski definition) is 3. The van der Waals surface area contributed by atoms with Crippen LogP contribution in [0.4, 0.5) is 5.69 Å². The lowest BCUT2D eigenvalue weighted by Gasteiger charge is -2.19. The van der Waals surface area contributed by atoms with Gasteiger partial charge in [0, 0.05) is 13.0 Å². The largest absolute Gasteiger partial charge is 1.00 e. The first kappa shape index (κ1) is 17.8. The van der Waals surface area contributed by atoms with E-state index in [-0.39, 0.29) is 19.7 Å². The van der Waals surface area contributed by atoms with Gasteiger partial charge in [-0.05, 0) is 38.1 Å². The normalized spacial score (nSPS) is 15.7. The van der Waals surface area contributed by atoms with E-state index >= 15 is 0 Å². The Kier molecular flexibility index (Phi) is 8.16. The molecule has 0 aliphatic carbocycles. The molecule has 1 aliphatic rings. The number of carbonyl (C=O) groups is 1. The van der Waals surface area contributed by atoms with E-state index in [1.165, 1.54) is 25.7 Å². The molecular weight excluding hydrogens is 288 g/mol. The summed E-state index contributed by atoms with van der Waals surface area (Å²) in [6.45, 7) is 3.10. The Balaban J connectivity index is 0.00000220. The zero-order valence-electron chi connectivity index (χ0n) is 13.6. The molecule has 1 aromatic rings. The highest BCUT2D eigenvalue weighted by Gasteiger charge is 2.12. The van der Waals surface area contributed by atoms with Crippen LogP contribution < -0.4 is 22.5 Å². The molecule has 1 aromatic carbocycles. The Morgan fingerprint density at radius 1 is 1.24 bits per heavy atom. The number of benzene rings is 1. The topological polar surface area (TPSA) is 41.6 Å². The van der Waals surface area contributed by atoms with Crippen LogP contribution >= 0.6 is 0 Å². The number of para-hydroxylation sites is 2. The molecule has 1 aliphatic heterocycles. The third kappa shape index (κ3) is 5.94. The van der Waals surface area contributed by atoms with Gasteiger partial charge in [0.1, 0.15) is 5.75 Å². The summed E-state index contributed by atoms with van der Waals surface area (Å²) >= 11 is 0. The van der Waals surface area contributed by atoms with E-state index in [9.17, 15) is 4.79 Å². The highest BCUT2D eigenvalue weighted by atomic mass is 35.5. The summed E-state index contributed by atoms with van der Waals surface area (Å²) in [5.41, 5.74) is 0.746. The van der Waals surface area contributed by atoms with Crippen molar-refractivity contribution >= 4 is 11.6 Å². The molecule has 1 saturated heterocycles. The Labute approximate surface area is 134 Å². The molecule has 5 heteroatoms. The summed E-state index contributed by atoms with van der Waals surface area (Å²) in [6.07, 6.45) is 5.70. The predicted octanol–water partition coefficient (Wildman–Crippen LogP) is 0.0163. The number of hydrogen-bond donors (Lipinski definition) is 1. The van der Waals surface area contributed by atoms with Gasteiger partial charge in [0.25, 0.3) is 0 Å². The number of ether oxygens (including phenoxy) is 1. The van der Waals surface area contributed by atoms with Crippen molar-refractivity contribution in [1.29, 1.82) is 0 Å². The average molecular weight is 313 g/mol. The zero-order valence-corrected chi connectivity index (χ0v) is 13.4. The number of nitrogens with zero attached hydrogens (tertiary/aromatic N) is 1. The van der Waals surface area contributed by atoms with E-state index in [0.29, 0.717) is 12.2 Å². The van der Waals surface area contributed by atoms with Crippen molar-refractivity contribution < 1.29 is 23.4 Å². The first-order chi connectivity index (χ1) is 9.79. The summed E-state index contributed by atoms with van der Waals surface area (Å²) in [5.74, 6) is 0.759. The van der Waals surface area contributed by atoms with E-state index in [1.807, 2.05) is 24.3 Å². The van der Waals surface area contributed by atoms with Crippen molar-refractivity contribution in [3.63, 3.8) is 0 Å². The summed E-state index contributed by atoms with van der Waals surface area (Å²) in [6, 6.07) is 7.51. The fourth-order valence-electron chi connectivity index (χ4n) is 2.58. The van der Waals surface area contributed by atoms with Gasteiger partial charge >= 0.3 is 1.43 Å². The Morgan fingerprint density at radius 2 is 1.90 bits per heavy atom. The maximum atomic E-state index is 12.0. The van der Waals surface area contributed by atoms with Gasteiger partial charge in [0.05, 0.1) is 12.8 Å². The van der Waals surface area contributed by atoms with Gasteiger partial charge < -0.3 is 27.4 Å². The van der Waals surface area contributed by atoms with Gasteiger partial charge in [0.2, 0.25) is 5.91 Å². The molecule has 0 radical (unpaired) electrons. The molecular formula is C16H25ClN2O2. The van der Waals surface area contributed by atoms with Gasteiger partial charge in [0.15, 0.2) is 0 Å². The fourth-order valence-corrected chi connectivity index (χ4v) is 2.58. The molecule has 4 nitrogen and oxygen atoms in total. The molecule has 0 spiro atoms. The highest BCUT2D eigenvalue weighted by molar-refractivity contribution is 5.92. The number of amides is 1. The van der Waals surface area contributed by atoms with Gasteiger partial charge in [-0.25, -0.2) is 0 Å². The van der Waals surface area contributed by atoms with Crippen molar-refractivity contribution in [2.75, 3.05) is 32.1 Å². The Bertz CT molecular complexity index is 438. The number of methoxy groups -OCH3 is 1. The average Bonchev–Trinajstić information content (AvgIpc) is 2.74. The fraction of sp³-hybridized carbons (Fsp3) is 0.562. The second kappa shape index (κ2) is 9.64. The van der Waals surface area contributed by atoms with Crippen LogP contribution in [-0.4, -0.2) is 37.6 Å². The highest BCUT2D eigenvalue weighted by Crippen LogP contribution is 2.23. The lowest BCUT2D eigenvalue weighted by molar-refractivity contribution is -0.116. The number of nitrogens with one attached hydrogen (secondary N) is 1. The van der Waals surface area contributed by atoms with E-state index in [2.05, 4.69) is 10.2 Å². The number of carbonyl (C=O) groups excluding carboxylic acids is 1. The SMILES string of the molecule is COc1ccccc1NC(=O)CCN1CCCCCC1.[Cl-].[H+]. The molecule has 0 atom stereocenters. The standard InChI is InChI=1S/C16H24N2O2.ClH/c1-20-15-9-5-4-8-14(15)17-16(19)10-13-18-11-6-2-3-7-12-18;/h4-5,8-9H,2-3,6-7,10-13H2,1H3,(H,17,19);1H. The van der Waals surface area contributed by atoms with Crippen LogP contribution in [0.3, 0.4) is 0 Å². The second-order valence-corrected chi connectivity index (χ2v) is 5.25. The maximum Gasteiger partial charge on any atom is 1.00 e. The first-order valence-corrected chi connectivity index (χ1v) is 7.45.